The molecule has 1 aliphatic rings. The SMILES string of the molecule is CC1CCC(=O)CC1Cc1cncs1. The van der Waals surface area contributed by atoms with Gasteiger partial charge in [0.05, 0.1) is 5.51 Å². The zero-order chi connectivity index (χ0) is 9.97. The zero-order valence-electron chi connectivity index (χ0n) is 8.40. The predicted molar refractivity (Wildman–Crippen MR) is 57.3 cm³/mol. The van der Waals surface area contributed by atoms with Gasteiger partial charge in [-0.2, -0.15) is 0 Å². The molecule has 2 nitrogen and oxygen atoms in total. The van der Waals surface area contributed by atoms with E-state index in [1.807, 2.05) is 11.7 Å². The van der Waals surface area contributed by atoms with E-state index in [2.05, 4.69) is 11.9 Å². The molecule has 0 spiro atoms. The number of Topliss-reactive ketones (excluding diaryl/α,β-unsaturated/α-hetero) is 1. The van der Waals surface area contributed by atoms with E-state index in [4.69, 9.17) is 0 Å². The van der Waals surface area contributed by atoms with E-state index in [9.17, 15) is 4.79 Å². The summed E-state index contributed by atoms with van der Waals surface area (Å²) in [4.78, 5) is 16.7. The minimum Gasteiger partial charge on any atom is -0.300 e. The first kappa shape index (κ1) is 9.84. The van der Waals surface area contributed by atoms with Crippen molar-refractivity contribution in [2.45, 2.75) is 32.6 Å². The number of nitrogens with zero attached hydrogens (tertiary/aromatic N) is 1. The zero-order valence-corrected chi connectivity index (χ0v) is 9.22. The first-order valence-electron chi connectivity index (χ1n) is 5.15. The number of aromatic nitrogens is 1. The van der Waals surface area contributed by atoms with Crippen LogP contribution in [0.25, 0.3) is 0 Å². The van der Waals surface area contributed by atoms with Gasteiger partial charge in [0.1, 0.15) is 5.78 Å². The summed E-state index contributed by atoms with van der Waals surface area (Å²) in [6.07, 6.45) is 5.61. The number of ketones is 1. The molecule has 2 rings (SSSR count). The molecule has 0 bridgehead atoms. The largest absolute Gasteiger partial charge is 0.300 e. The van der Waals surface area contributed by atoms with Crippen molar-refractivity contribution < 1.29 is 4.79 Å². The molecule has 1 fully saturated rings. The molecule has 3 heteroatoms. The average Bonchev–Trinajstić information content (AvgIpc) is 2.64. The van der Waals surface area contributed by atoms with Crippen molar-refractivity contribution in [3.8, 4) is 0 Å². The molecule has 1 aromatic rings. The summed E-state index contributed by atoms with van der Waals surface area (Å²) in [5.74, 6) is 1.68. The number of carbonyl (C=O) groups excluding carboxylic acids is 1. The van der Waals surface area contributed by atoms with Crippen LogP contribution in [0.2, 0.25) is 0 Å². The third kappa shape index (κ3) is 2.21. The molecule has 0 N–H and O–H groups in total. The van der Waals surface area contributed by atoms with Crippen molar-refractivity contribution in [3.05, 3.63) is 16.6 Å². The summed E-state index contributed by atoms with van der Waals surface area (Å²) in [6.45, 7) is 2.26. The Morgan fingerprint density at radius 2 is 2.50 bits per heavy atom. The van der Waals surface area contributed by atoms with Crippen LogP contribution in [-0.2, 0) is 11.2 Å². The highest BCUT2D eigenvalue weighted by Crippen LogP contribution is 2.30. The molecule has 0 radical (unpaired) electrons. The summed E-state index contributed by atoms with van der Waals surface area (Å²) >= 11 is 1.70. The molecule has 2 unspecified atom stereocenters. The summed E-state index contributed by atoms with van der Waals surface area (Å²) in [5.41, 5.74) is 1.87. The van der Waals surface area contributed by atoms with Crippen molar-refractivity contribution >= 4 is 17.1 Å². The second-order valence-corrected chi connectivity index (χ2v) is 5.16. The van der Waals surface area contributed by atoms with Crippen LogP contribution in [0.3, 0.4) is 0 Å². The van der Waals surface area contributed by atoms with E-state index in [0.29, 0.717) is 17.6 Å². The van der Waals surface area contributed by atoms with Gasteiger partial charge < -0.3 is 0 Å². The molecular formula is C11H15NOS. The fraction of sp³-hybridized carbons (Fsp3) is 0.636. The van der Waals surface area contributed by atoms with Gasteiger partial charge in [-0.15, -0.1) is 11.3 Å². The molecule has 14 heavy (non-hydrogen) atoms. The van der Waals surface area contributed by atoms with Crippen molar-refractivity contribution in [3.63, 3.8) is 0 Å². The molecule has 76 valence electrons. The molecular weight excluding hydrogens is 194 g/mol. The van der Waals surface area contributed by atoms with Gasteiger partial charge in [0.15, 0.2) is 0 Å². The van der Waals surface area contributed by atoms with E-state index >= 15 is 0 Å². The van der Waals surface area contributed by atoms with Crippen molar-refractivity contribution in [1.82, 2.24) is 4.98 Å². The van der Waals surface area contributed by atoms with Gasteiger partial charge in [-0.05, 0) is 24.7 Å². The van der Waals surface area contributed by atoms with Gasteiger partial charge in [0.25, 0.3) is 0 Å². The fourth-order valence-corrected chi connectivity index (χ4v) is 2.78. The predicted octanol–water partition coefficient (Wildman–Crippen LogP) is 2.69. The van der Waals surface area contributed by atoms with Crippen LogP contribution in [-0.4, -0.2) is 10.8 Å². The number of hydrogen-bond acceptors (Lipinski definition) is 3. The lowest BCUT2D eigenvalue weighted by Gasteiger charge is -2.27. The quantitative estimate of drug-likeness (QED) is 0.749. The molecule has 0 aromatic carbocycles. The van der Waals surface area contributed by atoms with Crippen LogP contribution in [0, 0.1) is 11.8 Å². The lowest BCUT2D eigenvalue weighted by atomic mass is 9.78. The van der Waals surface area contributed by atoms with E-state index < -0.39 is 0 Å². The molecule has 0 saturated heterocycles. The van der Waals surface area contributed by atoms with Gasteiger partial charge in [0, 0.05) is 23.9 Å². The Balaban J connectivity index is 1.99. The number of hydrogen-bond donors (Lipinski definition) is 0. The maximum absolute atomic E-state index is 11.3. The summed E-state index contributed by atoms with van der Waals surface area (Å²) < 4.78 is 0. The van der Waals surface area contributed by atoms with E-state index in [0.717, 1.165) is 25.7 Å². The molecule has 1 heterocycles. The van der Waals surface area contributed by atoms with Gasteiger partial charge in [-0.3, -0.25) is 9.78 Å². The second kappa shape index (κ2) is 4.22. The lowest BCUT2D eigenvalue weighted by molar-refractivity contribution is -0.122. The molecule has 1 saturated carbocycles. The fourth-order valence-electron chi connectivity index (χ4n) is 2.09. The van der Waals surface area contributed by atoms with E-state index in [1.165, 1.54) is 4.88 Å². The second-order valence-electron chi connectivity index (χ2n) is 4.19. The molecule has 0 aliphatic heterocycles. The Morgan fingerprint density at radius 1 is 1.64 bits per heavy atom. The monoisotopic (exact) mass is 209 g/mol. The normalized spacial score (nSPS) is 27.9. The lowest BCUT2D eigenvalue weighted by Crippen LogP contribution is -2.24. The molecule has 0 amide bonds. The van der Waals surface area contributed by atoms with E-state index in [1.54, 1.807) is 11.3 Å². The minimum absolute atomic E-state index is 0.442. The maximum Gasteiger partial charge on any atom is 0.133 e. The molecule has 1 aliphatic carbocycles. The highest BCUT2D eigenvalue weighted by atomic mass is 32.1. The van der Waals surface area contributed by atoms with Gasteiger partial charge in [-0.25, -0.2) is 0 Å². The maximum atomic E-state index is 11.3. The van der Waals surface area contributed by atoms with E-state index in [-0.39, 0.29) is 0 Å². The first-order valence-corrected chi connectivity index (χ1v) is 6.02. The third-order valence-corrected chi connectivity index (χ3v) is 3.92. The van der Waals surface area contributed by atoms with Crippen LogP contribution >= 0.6 is 11.3 Å². The molecule has 1 aromatic heterocycles. The standard InChI is InChI=1S/C11H15NOS/c1-8-2-3-10(13)4-9(8)5-11-6-12-7-14-11/h6-9H,2-5H2,1H3. The van der Waals surface area contributed by atoms with Crippen LogP contribution in [0.4, 0.5) is 0 Å². The van der Waals surface area contributed by atoms with Crippen LogP contribution < -0.4 is 0 Å². The number of rotatable bonds is 2. The Kier molecular flexibility index (Phi) is 2.96. The Hall–Kier alpha value is -0.700. The van der Waals surface area contributed by atoms with Crippen molar-refractivity contribution in [2.24, 2.45) is 11.8 Å². The minimum atomic E-state index is 0.442. The smallest absolute Gasteiger partial charge is 0.133 e. The van der Waals surface area contributed by atoms with Crippen LogP contribution in [0.5, 0.6) is 0 Å². The van der Waals surface area contributed by atoms with Gasteiger partial charge in [-0.1, -0.05) is 6.92 Å². The van der Waals surface area contributed by atoms with Crippen molar-refractivity contribution in [1.29, 1.82) is 0 Å². The molecule has 2 atom stereocenters. The summed E-state index contributed by atoms with van der Waals surface area (Å²) in [7, 11) is 0. The highest BCUT2D eigenvalue weighted by Gasteiger charge is 2.26. The van der Waals surface area contributed by atoms with Crippen molar-refractivity contribution in [2.75, 3.05) is 0 Å². The summed E-state index contributed by atoms with van der Waals surface area (Å²) in [6, 6.07) is 0. The Bertz CT molecular complexity index is 307. The first-order chi connectivity index (χ1) is 6.75. The average molecular weight is 209 g/mol. The van der Waals surface area contributed by atoms with Gasteiger partial charge >= 0.3 is 0 Å². The topological polar surface area (TPSA) is 30.0 Å². The third-order valence-electron chi connectivity index (χ3n) is 3.12. The Morgan fingerprint density at radius 3 is 3.21 bits per heavy atom. The van der Waals surface area contributed by atoms with Crippen LogP contribution in [0.1, 0.15) is 31.1 Å². The summed E-state index contributed by atoms with van der Waals surface area (Å²) in [5, 5.41) is 0. The number of thiazole rings is 1. The van der Waals surface area contributed by atoms with Gasteiger partial charge in [0.2, 0.25) is 0 Å². The Labute approximate surface area is 88.4 Å². The number of carbonyl (C=O) groups is 1. The van der Waals surface area contributed by atoms with Crippen LogP contribution in [0.15, 0.2) is 11.7 Å². The highest BCUT2D eigenvalue weighted by molar-refractivity contribution is 7.09.